The van der Waals surface area contributed by atoms with Gasteiger partial charge in [0.15, 0.2) is 0 Å². The summed E-state index contributed by atoms with van der Waals surface area (Å²) in [7, 11) is 0. The molecule has 1 aromatic heterocycles. The molecule has 142 valence electrons. The van der Waals surface area contributed by atoms with E-state index in [1.54, 1.807) is 36.5 Å². The fourth-order valence-corrected chi connectivity index (χ4v) is 3.02. The van der Waals surface area contributed by atoms with Gasteiger partial charge in [0.05, 0.1) is 41.9 Å². The van der Waals surface area contributed by atoms with Crippen LogP contribution in [0.5, 0.6) is 0 Å². The van der Waals surface area contributed by atoms with Gasteiger partial charge in [-0.05, 0) is 24.3 Å². The maximum Gasteiger partial charge on any atom is 0.261 e. The topological polar surface area (TPSA) is 100 Å². The van der Waals surface area contributed by atoms with E-state index in [1.165, 1.54) is 16.8 Å². The van der Waals surface area contributed by atoms with E-state index >= 15 is 0 Å². The molecule has 0 fully saturated rings. The molecule has 0 saturated heterocycles. The van der Waals surface area contributed by atoms with Crippen molar-refractivity contribution in [3.8, 4) is 5.69 Å². The molecular formula is C19H16FN5O3. The second-order valence-electron chi connectivity index (χ2n) is 6.21. The molecule has 1 aliphatic rings. The average molecular weight is 381 g/mol. The van der Waals surface area contributed by atoms with E-state index in [9.17, 15) is 14.0 Å². The SMILES string of the molecule is O=C1c2ccccc2C(=O)N1Cc1cn(-c2ccc(NCCO)c(F)c2)nn1. The minimum Gasteiger partial charge on any atom is -0.395 e. The molecular weight excluding hydrogens is 365 g/mol. The van der Waals surface area contributed by atoms with Crippen molar-refractivity contribution in [1.82, 2.24) is 19.9 Å². The van der Waals surface area contributed by atoms with Gasteiger partial charge in [-0.1, -0.05) is 17.3 Å². The molecule has 8 nitrogen and oxygen atoms in total. The Bertz CT molecular complexity index is 1030. The number of carbonyl (C=O) groups excluding carboxylic acids is 2. The fourth-order valence-electron chi connectivity index (χ4n) is 3.02. The Hall–Kier alpha value is -3.59. The number of rotatable bonds is 6. The van der Waals surface area contributed by atoms with Gasteiger partial charge in [0.1, 0.15) is 11.5 Å². The molecule has 2 N–H and O–H groups in total. The highest BCUT2D eigenvalue weighted by atomic mass is 19.1. The highest BCUT2D eigenvalue weighted by molar-refractivity contribution is 6.21. The number of aliphatic hydroxyl groups is 1. The number of aromatic nitrogens is 3. The van der Waals surface area contributed by atoms with Crippen LogP contribution in [0.3, 0.4) is 0 Å². The van der Waals surface area contributed by atoms with E-state index in [0.29, 0.717) is 22.5 Å². The molecule has 0 radical (unpaired) electrons. The number of hydrogen-bond donors (Lipinski definition) is 2. The number of carbonyl (C=O) groups is 2. The van der Waals surface area contributed by atoms with Crippen LogP contribution in [0.4, 0.5) is 10.1 Å². The maximum absolute atomic E-state index is 14.1. The van der Waals surface area contributed by atoms with Crippen molar-refractivity contribution < 1.29 is 19.1 Å². The lowest BCUT2D eigenvalue weighted by Crippen LogP contribution is -2.29. The van der Waals surface area contributed by atoms with Crippen LogP contribution in [0.25, 0.3) is 5.69 Å². The first-order valence-electron chi connectivity index (χ1n) is 8.59. The zero-order valence-electron chi connectivity index (χ0n) is 14.7. The van der Waals surface area contributed by atoms with E-state index in [-0.39, 0.29) is 37.2 Å². The summed E-state index contributed by atoms with van der Waals surface area (Å²) in [5.41, 5.74) is 1.84. The van der Waals surface area contributed by atoms with Crippen LogP contribution in [-0.2, 0) is 6.54 Å². The first-order valence-corrected chi connectivity index (χ1v) is 8.59. The molecule has 0 aliphatic carbocycles. The van der Waals surface area contributed by atoms with Crippen molar-refractivity contribution in [2.24, 2.45) is 0 Å². The summed E-state index contributed by atoms with van der Waals surface area (Å²) in [6.07, 6.45) is 1.54. The Morgan fingerprint density at radius 1 is 1.07 bits per heavy atom. The summed E-state index contributed by atoms with van der Waals surface area (Å²) in [4.78, 5) is 26.0. The first-order chi connectivity index (χ1) is 13.6. The third-order valence-electron chi connectivity index (χ3n) is 4.38. The van der Waals surface area contributed by atoms with Gasteiger partial charge in [-0.2, -0.15) is 0 Å². The molecule has 1 aliphatic heterocycles. The lowest BCUT2D eigenvalue weighted by Gasteiger charge is -2.11. The second kappa shape index (κ2) is 7.20. The minimum atomic E-state index is -0.497. The van der Waals surface area contributed by atoms with Crippen molar-refractivity contribution in [1.29, 1.82) is 0 Å². The summed E-state index contributed by atoms with van der Waals surface area (Å²) < 4.78 is 15.5. The molecule has 2 heterocycles. The van der Waals surface area contributed by atoms with Gasteiger partial charge in [0.25, 0.3) is 11.8 Å². The van der Waals surface area contributed by atoms with Crippen LogP contribution in [0.15, 0.2) is 48.7 Å². The molecule has 0 saturated carbocycles. The van der Waals surface area contributed by atoms with E-state index < -0.39 is 5.82 Å². The van der Waals surface area contributed by atoms with Gasteiger partial charge in [-0.3, -0.25) is 14.5 Å². The zero-order chi connectivity index (χ0) is 19.7. The number of nitrogens with one attached hydrogen (secondary N) is 1. The number of imide groups is 1. The molecule has 0 bridgehead atoms. The lowest BCUT2D eigenvalue weighted by molar-refractivity contribution is 0.0640. The highest BCUT2D eigenvalue weighted by Gasteiger charge is 2.35. The van der Waals surface area contributed by atoms with E-state index in [1.807, 2.05) is 0 Å². The van der Waals surface area contributed by atoms with Crippen LogP contribution in [0, 0.1) is 5.82 Å². The first kappa shape index (κ1) is 17.8. The van der Waals surface area contributed by atoms with Crippen molar-refractivity contribution in [3.05, 3.63) is 71.3 Å². The van der Waals surface area contributed by atoms with Crippen molar-refractivity contribution in [2.75, 3.05) is 18.5 Å². The molecule has 0 atom stereocenters. The van der Waals surface area contributed by atoms with Gasteiger partial charge in [-0.15, -0.1) is 5.10 Å². The number of nitrogens with zero attached hydrogens (tertiary/aromatic N) is 4. The number of benzene rings is 2. The summed E-state index contributed by atoms with van der Waals surface area (Å²) in [5.74, 6) is -1.25. The summed E-state index contributed by atoms with van der Waals surface area (Å²) in [6.45, 7) is 0.112. The second-order valence-corrected chi connectivity index (χ2v) is 6.21. The number of hydrogen-bond acceptors (Lipinski definition) is 6. The number of halogens is 1. The van der Waals surface area contributed by atoms with Crippen molar-refractivity contribution >= 4 is 17.5 Å². The Morgan fingerprint density at radius 3 is 2.43 bits per heavy atom. The number of anilines is 1. The quantitative estimate of drug-likeness (QED) is 0.629. The molecule has 4 rings (SSSR count). The average Bonchev–Trinajstić information content (AvgIpc) is 3.27. The number of amides is 2. The van der Waals surface area contributed by atoms with Gasteiger partial charge < -0.3 is 10.4 Å². The van der Waals surface area contributed by atoms with Crippen LogP contribution in [0.2, 0.25) is 0 Å². The summed E-state index contributed by atoms with van der Waals surface area (Å²) >= 11 is 0. The summed E-state index contributed by atoms with van der Waals surface area (Å²) in [5, 5.41) is 19.5. The predicted octanol–water partition coefficient (Wildman–Crippen LogP) is 1.61. The maximum atomic E-state index is 14.1. The van der Waals surface area contributed by atoms with Crippen molar-refractivity contribution in [2.45, 2.75) is 6.54 Å². The molecule has 9 heteroatoms. The molecule has 2 amide bonds. The smallest absolute Gasteiger partial charge is 0.261 e. The van der Waals surface area contributed by atoms with E-state index in [2.05, 4.69) is 15.6 Å². The Labute approximate surface area is 159 Å². The predicted molar refractivity (Wildman–Crippen MR) is 97.5 cm³/mol. The van der Waals surface area contributed by atoms with Crippen LogP contribution in [-0.4, -0.2) is 50.0 Å². The third-order valence-corrected chi connectivity index (χ3v) is 4.38. The third kappa shape index (κ3) is 3.12. The van der Waals surface area contributed by atoms with Gasteiger partial charge >= 0.3 is 0 Å². The van der Waals surface area contributed by atoms with Gasteiger partial charge in [0.2, 0.25) is 0 Å². The lowest BCUT2D eigenvalue weighted by atomic mass is 10.1. The van der Waals surface area contributed by atoms with E-state index in [0.717, 1.165) is 4.90 Å². The highest BCUT2D eigenvalue weighted by Crippen LogP contribution is 2.24. The van der Waals surface area contributed by atoms with Gasteiger partial charge in [-0.25, -0.2) is 9.07 Å². The zero-order valence-corrected chi connectivity index (χ0v) is 14.7. The van der Waals surface area contributed by atoms with Crippen LogP contribution >= 0.6 is 0 Å². The van der Waals surface area contributed by atoms with Crippen LogP contribution in [0.1, 0.15) is 26.4 Å². The van der Waals surface area contributed by atoms with Gasteiger partial charge in [0, 0.05) is 12.6 Å². The monoisotopic (exact) mass is 381 g/mol. The van der Waals surface area contributed by atoms with E-state index in [4.69, 9.17) is 5.11 Å². The van der Waals surface area contributed by atoms with Crippen molar-refractivity contribution in [3.63, 3.8) is 0 Å². The number of aliphatic hydroxyl groups excluding tert-OH is 1. The Kier molecular flexibility index (Phi) is 4.58. The van der Waals surface area contributed by atoms with Crippen LogP contribution < -0.4 is 5.32 Å². The fraction of sp³-hybridized carbons (Fsp3) is 0.158. The Morgan fingerprint density at radius 2 is 1.79 bits per heavy atom. The normalized spacial score (nSPS) is 13.1. The minimum absolute atomic E-state index is 0.0228. The Balaban J connectivity index is 1.52. The number of fused-ring (bicyclic) bond motifs is 1. The summed E-state index contributed by atoms with van der Waals surface area (Å²) in [6, 6.07) is 11.1. The standard InChI is InChI=1S/C19H16FN5O3/c20-16-9-13(5-6-17(16)21-7-8-26)25-11-12(22-23-25)10-24-18(27)14-3-1-2-4-15(14)19(24)28/h1-6,9,11,21,26H,7-8,10H2. The largest absolute Gasteiger partial charge is 0.395 e. The molecule has 2 aromatic carbocycles. The molecule has 28 heavy (non-hydrogen) atoms. The molecule has 0 unspecified atom stereocenters. The molecule has 0 spiro atoms. The molecule has 3 aromatic rings.